The number of carbonyl (C=O) groups is 2. The van der Waals surface area contributed by atoms with Crippen LogP contribution in [0.4, 0.5) is 0 Å². The lowest BCUT2D eigenvalue weighted by molar-refractivity contribution is -0.140. The first kappa shape index (κ1) is 26.2. The summed E-state index contributed by atoms with van der Waals surface area (Å²) >= 11 is 0. The number of hydrogen-bond donors (Lipinski definition) is 1. The van der Waals surface area contributed by atoms with Crippen molar-refractivity contribution in [1.29, 1.82) is 0 Å². The molecule has 3 heterocycles. The fourth-order valence-corrected chi connectivity index (χ4v) is 4.81. The molecule has 3 aromatic rings. The molecule has 0 saturated carbocycles. The van der Waals surface area contributed by atoms with Crippen molar-refractivity contribution in [2.24, 2.45) is 0 Å². The van der Waals surface area contributed by atoms with Crippen LogP contribution >= 0.6 is 0 Å². The van der Waals surface area contributed by atoms with Gasteiger partial charge < -0.3 is 33.4 Å². The van der Waals surface area contributed by atoms with E-state index in [1.54, 1.807) is 48.5 Å². The van der Waals surface area contributed by atoms with Crippen LogP contribution in [0.1, 0.15) is 49.1 Å². The molecule has 2 aliphatic heterocycles. The molecular weight excluding hydrogens is 502 g/mol. The van der Waals surface area contributed by atoms with Crippen LogP contribution in [0.15, 0.2) is 64.8 Å². The molecule has 1 atom stereocenters. The summed E-state index contributed by atoms with van der Waals surface area (Å²) in [7, 11) is 1.53. The van der Waals surface area contributed by atoms with Gasteiger partial charge in [-0.05, 0) is 54.4 Å². The molecule has 0 bridgehead atoms. The van der Waals surface area contributed by atoms with Crippen LogP contribution < -0.4 is 18.9 Å². The molecule has 1 N–H and O–H groups in total. The molecule has 9 heteroatoms. The van der Waals surface area contributed by atoms with Crippen LogP contribution in [0, 0.1) is 0 Å². The Balaban J connectivity index is 1.57. The molecule has 2 aliphatic rings. The van der Waals surface area contributed by atoms with Crippen molar-refractivity contribution in [3.05, 3.63) is 77.3 Å². The van der Waals surface area contributed by atoms with Gasteiger partial charge in [-0.1, -0.05) is 25.8 Å². The number of Topliss-reactive ketones (excluding diaryl/α,β-unsaturated/α-hetero) is 1. The second kappa shape index (κ2) is 11.6. The number of carbonyl (C=O) groups excluding carboxylic acids is 2. The number of benzene rings is 2. The number of ketones is 1. The van der Waals surface area contributed by atoms with E-state index < -0.39 is 17.7 Å². The molecule has 0 spiro atoms. The Morgan fingerprint density at radius 3 is 2.59 bits per heavy atom. The average molecular weight is 534 g/mol. The van der Waals surface area contributed by atoms with Gasteiger partial charge in [-0.25, -0.2) is 0 Å². The number of aliphatic hydroxyl groups is 1. The summed E-state index contributed by atoms with van der Waals surface area (Å²) < 4.78 is 28.2. The molecule has 204 valence electrons. The lowest BCUT2D eigenvalue weighted by atomic mass is 9.94. The summed E-state index contributed by atoms with van der Waals surface area (Å²) in [6, 6.07) is 12.7. The van der Waals surface area contributed by atoms with E-state index >= 15 is 0 Å². The number of aliphatic hydroxyl groups excluding tert-OH is 1. The normalized spacial score (nSPS) is 17.9. The quantitative estimate of drug-likeness (QED) is 0.163. The third-order valence-electron chi connectivity index (χ3n) is 6.77. The summed E-state index contributed by atoms with van der Waals surface area (Å²) in [6.45, 7) is 3.51. The van der Waals surface area contributed by atoms with Gasteiger partial charge >= 0.3 is 0 Å². The van der Waals surface area contributed by atoms with Crippen LogP contribution in [0.25, 0.3) is 5.76 Å². The number of methoxy groups -OCH3 is 1. The highest BCUT2D eigenvalue weighted by molar-refractivity contribution is 6.46. The van der Waals surface area contributed by atoms with Gasteiger partial charge in [-0.15, -0.1) is 0 Å². The molecule has 9 nitrogen and oxygen atoms in total. The van der Waals surface area contributed by atoms with E-state index in [1.807, 2.05) is 0 Å². The van der Waals surface area contributed by atoms with Crippen LogP contribution in [0.2, 0.25) is 0 Å². The summed E-state index contributed by atoms with van der Waals surface area (Å²) in [5, 5.41) is 11.4. The molecule has 1 aromatic heterocycles. The second-order valence-corrected chi connectivity index (χ2v) is 9.33. The maximum Gasteiger partial charge on any atom is 0.296 e. The molecule has 1 fully saturated rings. The van der Waals surface area contributed by atoms with E-state index in [2.05, 4.69) is 6.92 Å². The predicted molar refractivity (Wildman–Crippen MR) is 142 cm³/mol. The SMILES string of the molecule is CCCCCOc1ccc([C@@H]2C(=C(O)c3ccc4c(c3)OCCO4)C(=O)C(=O)N2Cc2ccco2)cc1OC. The van der Waals surface area contributed by atoms with Gasteiger partial charge in [0.2, 0.25) is 0 Å². The van der Waals surface area contributed by atoms with E-state index in [4.69, 9.17) is 23.4 Å². The second-order valence-electron chi connectivity index (χ2n) is 9.33. The van der Waals surface area contributed by atoms with Gasteiger partial charge in [0, 0.05) is 5.56 Å². The maximum absolute atomic E-state index is 13.4. The summed E-state index contributed by atoms with van der Waals surface area (Å²) in [5.41, 5.74) is 0.877. The molecular formula is C30H31NO8. The smallest absolute Gasteiger partial charge is 0.296 e. The number of unbranched alkanes of at least 4 members (excludes halogenated alkanes) is 2. The lowest BCUT2D eigenvalue weighted by Crippen LogP contribution is -2.29. The highest BCUT2D eigenvalue weighted by Gasteiger charge is 2.46. The Labute approximate surface area is 226 Å². The van der Waals surface area contributed by atoms with Gasteiger partial charge in [0.25, 0.3) is 11.7 Å². The van der Waals surface area contributed by atoms with Gasteiger partial charge in [0.05, 0.1) is 38.1 Å². The van der Waals surface area contributed by atoms with Crippen LogP contribution in [0.5, 0.6) is 23.0 Å². The Hall–Kier alpha value is -4.40. The van der Waals surface area contributed by atoms with Gasteiger partial charge in [0.1, 0.15) is 24.7 Å². The number of furan rings is 1. The van der Waals surface area contributed by atoms with Gasteiger partial charge in [0.15, 0.2) is 23.0 Å². The maximum atomic E-state index is 13.4. The zero-order valence-electron chi connectivity index (χ0n) is 22.0. The summed E-state index contributed by atoms with van der Waals surface area (Å²) in [5.74, 6) is 0.691. The summed E-state index contributed by atoms with van der Waals surface area (Å²) in [4.78, 5) is 28.1. The van der Waals surface area contributed by atoms with Crippen molar-refractivity contribution in [3.8, 4) is 23.0 Å². The first-order valence-electron chi connectivity index (χ1n) is 13.0. The fraction of sp³-hybridized carbons (Fsp3) is 0.333. The largest absolute Gasteiger partial charge is 0.507 e. The predicted octanol–water partition coefficient (Wildman–Crippen LogP) is 5.25. The average Bonchev–Trinajstić information content (AvgIpc) is 3.57. The third-order valence-corrected chi connectivity index (χ3v) is 6.77. The molecule has 0 radical (unpaired) electrons. The first-order chi connectivity index (χ1) is 19.0. The zero-order valence-corrected chi connectivity index (χ0v) is 22.0. The topological polar surface area (TPSA) is 108 Å². The standard InChI is InChI=1S/C30H31NO8/c1-3-4-5-12-37-22-10-8-19(16-24(22)35-2)27-26(29(33)30(34)31(27)18-21-7-6-13-36-21)28(32)20-9-11-23-25(17-20)39-15-14-38-23/h6-11,13,16-17,27,32H,3-5,12,14-15,18H2,1-2H3/t27-/m1/s1. The number of ether oxygens (including phenoxy) is 4. The number of nitrogens with zero attached hydrogens (tertiary/aromatic N) is 1. The number of amides is 1. The Bertz CT molecular complexity index is 1380. The molecule has 1 saturated heterocycles. The molecule has 1 amide bonds. The molecule has 2 aromatic carbocycles. The van der Waals surface area contributed by atoms with Crippen molar-refractivity contribution in [3.63, 3.8) is 0 Å². The van der Waals surface area contributed by atoms with Crippen LogP contribution in [0.3, 0.4) is 0 Å². The zero-order chi connectivity index (χ0) is 27.4. The number of hydrogen-bond acceptors (Lipinski definition) is 8. The minimum absolute atomic E-state index is 0.0394. The minimum Gasteiger partial charge on any atom is -0.507 e. The van der Waals surface area contributed by atoms with Crippen molar-refractivity contribution in [1.82, 2.24) is 4.90 Å². The Morgan fingerprint density at radius 2 is 1.85 bits per heavy atom. The Kier molecular flexibility index (Phi) is 7.76. The Morgan fingerprint density at radius 1 is 1.03 bits per heavy atom. The van der Waals surface area contributed by atoms with Gasteiger partial charge in [-0.3, -0.25) is 9.59 Å². The number of rotatable bonds is 10. The van der Waals surface area contributed by atoms with Crippen LogP contribution in [-0.4, -0.2) is 48.6 Å². The van der Waals surface area contributed by atoms with E-state index in [1.165, 1.54) is 18.3 Å². The number of likely N-dealkylation sites (tertiary alicyclic amines) is 1. The highest BCUT2D eigenvalue weighted by atomic mass is 16.6. The monoisotopic (exact) mass is 533 g/mol. The number of fused-ring (bicyclic) bond motifs is 1. The van der Waals surface area contributed by atoms with Crippen LogP contribution in [-0.2, 0) is 16.1 Å². The lowest BCUT2D eigenvalue weighted by Gasteiger charge is -2.25. The van der Waals surface area contributed by atoms with Crippen molar-refractivity contribution in [2.75, 3.05) is 26.9 Å². The van der Waals surface area contributed by atoms with E-state index in [0.717, 1.165) is 19.3 Å². The highest BCUT2D eigenvalue weighted by Crippen LogP contribution is 2.43. The fourth-order valence-electron chi connectivity index (χ4n) is 4.81. The van der Waals surface area contributed by atoms with Crippen molar-refractivity contribution >= 4 is 17.4 Å². The molecule has 0 aliphatic carbocycles. The molecule has 5 rings (SSSR count). The van der Waals surface area contributed by atoms with Gasteiger partial charge in [-0.2, -0.15) is 0 Å². The van der Waals surface area contributed by atoms with E-state index in [9.17, 15) is 14.7 Å². The summed E-state index contributed by atoms with van der Waals surface area (Å²) in [6.07, 6.45) is 4.56. The van der Waals surface area contributed by atoms with Crippen molar-refractivity contribution < 1.29 is 38.1 Å². The van der Waals surface area contributed by atoms with E-state index in [0.29, 0.717) is 59.7 Å². The first-order valence-corrected chi connectivity index (χ1v) is 13.0. The third kappa shape index (κ3) is 5.30. The minimum atomic E-state index is -0.897. The molecule has 39 heavy (non-hydrogen) atoms. The van der Waals surface area contributed by atoms with Crippen molar-refractivity contribution in [2.45, 2.75) is 38.8 Å². The molecule has 0 unspecified atom stereocenters. The van der Waals surface area contributed by atoms with E-state index in [-0.39, 0.29) is 17.9 Å².